The zero-order chi connectivity index (χ0) is 21.0. The van der Waals surface area contributed by atoms with Crippen molar-refractivity contribution < 1.29 is 4.79 Å². The lowest BCUT2D eigenvalue weighted by Crippen LogP contribution is -2.56. The van der Waals surface area contributed by atoms with Crippen molar-refractivity contribution in [2.75, 3.05) is 0 Å². The summed E-state index contributed by atoms with van der Waals surface area (Å²) in [6.07, 6.45) is 13.9. The minimum Gasteiger partial charge on any atom is -0.299 e. The first-order valence-electron chi connectivity index (χ1n) is 12.5. The Morgan fingerprint density at radius 1 is 1.03 bits per heavy atom. The van der Waals surface area contributed by atoms with Gasteiger partial charge < -0.3 is 0 Å². The van der Waals surface area contributed by atoms with Crippen molar-refractivity contribution in [1.29, 1.82) is 0 Å². The highest BCUT2D eigenvalue weighted by Gasteiger charge is 2.62. The predicted molar refractivity (Wildman–Crippen MR) is 123 cm³/mol. The quantitative estimate of drug-likeness (QED) is 0.434. The number of Topliss-reactive ketones (excluding diaryl/α,β-unsaturated/α-hetero) is 1. The molecule has 0 bridgehead atoms. The number of hydrogen-bond donors (Lipinski definition) is 0. The maximum atomic E-state index is 13.5. The first kappa shape index (κ1) is 21.4. The fourth-order valence-corrected chi connectivity index (χ4v) is 8.75. The molecule has 29 heavy (non-hydrogen) atoms. The van der Waals surface area contributed by atoms with E-state index in [-0.39, 0.29) is 0 Å². The van der Waals surface area contributed by atoms with Gasteiger partial charge in [-0.25, -0.2) is 0 Å². The Morgan fingerprint density at radius 3 is 2.48 bits per heavy atom. The van der Waals surface area contributed by atoms with Gasteiger partial charge in [0.15, 0.2) is 0 Å². The number of allylic oxidation sites excluding steroid dienone is 2. The van der Waals surface area contributed by atoms with E-state index in [0.29, 0.717) is 46.2 Å². The van der Waals surface area contributed by atoms with Gasteiger partial charge >= 0.3 is 0 Å². The summed E-state index contributed by atoms with van der Waals surface area (Å²) in [5, 5.41) is 0. The maximum Gasteiger partial charge on any atom is 0.136 e. The second kappa shape index (κ2) is 7.69. The third-order valence-electron chi connectivity index (χ3n) is 10.7. The van der Waals surface area contributed by atoms with Gasteiger partial charge in [-0.15, -0.1) is 0 Å². The molecule has 0 aromatic carbocycles. The van der Waals surface area contributed by atoms with Crippen LogP contribution in [0.4, 0.5) is 0 Å². The minimum absolute atomic E-state index is 0.371. The first-order chi connectivity index (χ1) is 13.7. The topological polar surface area (TPSA) is 17.1 Å². The molecule has 1 heteroatoms. The Balaban J connectivity index is 1.52. The standard InChI is InChI=1S/C28H44O/c1-18(2)19(3)10-11-20(4)22-12-13-23-26-24(14-16-28(22,23)6)27(5)15-8-7-9-21(27)17-25(26)29/h20-24,26H,1,3,7-17H2,2,4-6H3/t20-,21?,22-,23+,24+,26+,27+,28-/m1/s1. The van der Waals surface area contributed by atoms with Crippen LogP contribution in [0.25, 0.3) is 0 Å². The van der Waals surface area contributed by atoms with Crippen LogP contribution in [-0.4, -0.2) is 5.78 Å². The van der Waals surface area contributed by atoms with Gasteiger partial charge in [0.05, 0.1) is 0 Å². The number of fused-ring (bicyclic) bond motifs is 5. The maximum absolute atomic E-state index is 13.5. The van der Waals surface area contributed by atoms with Crippen molar-refractivity contribution in [2.24, 2.45) is 46.3 Å². The number of hydrogen-bond acceptors (Lipinski definition) is 1. The molecule has 4 rings (SSSR count). The molecule has 0 saturated heterocycles. The van der Waals surface area contributed by atoms with Gasteiger partial charge in [0, 0.05) is 12.3 Å². The minimum atomic E-state index is 0.371. The molecule has 4 fully saturated rings. The number of carbonyl (C=O) groups is 1. The van der Waals surface area contributed by atoms with Gasteiger partial charge in [-0.2, -0.15) is 0 Å². The largest absolute Gasteiger partial charge is 0.299 e. The lowest BCUT2D eigenvalue weighted by atomic mass is 9.44. The summed E-state index contributed by atoms with van der Waals surface area (Å²) in [5.41, 5.74) is 3.18. The van der Waals surface area contributed by atoms with E-state index in [2.05, 4.69) is 40.9 Å². The van der Waals surface area contributed by atoms with Crippen LogP contribution in [-0.2, 0) is 4.79 Å². The third kappa shape index (κ3) is 3.39. The Labute approximate surface area is 179 Å². The van der Waals surface area contributed by atoms with E-state index in [4.69, 9.17) is 0 Å². The number of rotatable bonds is 5. The highest BCUT2D eigenvalue weighted by Crippen LogP contribution is 2.67. The SMILES string of the molecule is C=C(C)C(=C)CC[C@@H](C)[C@H]1CC[C@H]2[C@@H]3C(=O)CC4CCCC[C@]4(C)[C@H]3CC[C@]12C. The molecule has 4 saturated carbocycles. The van der Waals surface area contributed by atoms with Gasteiger partial charge in [0.2, 0.25) is 0 Å². The molecule has 0 amide bonds. The van der Waals surface area contributed by atoms with Crippen LogP contribution >= 0.6 is 0 Å². The highest BCUT2D eigenvalue weighted by molar-refractivity contribution is 5.83. The molecule has 162 valence electrons. The first-order valence-corrected chi connectivity index (χ1v) is 12.5. The van der Waals surface area contributed by atoms with E-state index in [1.54, 1.807) is 0 Å². The number of carbonyl (C=O) groups excluding carboxylic acids is 1. The van der Waals surface area contributed by atoms with Gasteiger partial charge in [0.25, 0.3) is 0 Å². The average molecular weight is 397 g/mol. The van der Waals surface area contributed by atoms with Crippen molar-refractivity contribution in [3.63, 3.8) is 0 Å². The van der Waals surface area contributed by atoms with Crippen LogP contribution in [0, 0.1) is 46.3 Å². The molecule has 0 heterocycles. The van der Waals surface area contributed by atoms with E-state index < -0.39 is 0 Å². The lowest BCUT2D eigenvalue weighted by molar-refractivity contribution is -0.156. The molecular formula is C28H44O. The van der Waals surface area contributed by atoms with Crippen molar-refractivity contribution in [1.82, 2.24) is 0 Å². The summed E-state index contributed by atoms with van der Waals surface area (Å²) in [6.45, 7) is 18.0. The Kier molecular flexibility index (Phi) is 5.67. The fraction of sp³-hybridized carbons (Fsp3) is 0.821. The molecule has 0 aromatic rings. The van der Waals surface area contributed by atoms with Crippen molar-refractivity contribution >= 4 is 5.78 Å². The van der Waals surface area contributed by atoms with Gasteiger partial charge in [-0.1, -0.05) is 57.9 Å². The van der Waals surface area contributed by atoms with Gasteiger partial charge in [-0.05, 0) is 98.7 Å². The summed E-state index contributed by atoms with van der Waals surface area (Å²) in [5.74, 6) is 4.51. The van der Waals surface area contributed by atoms with E-state index in [1.165, 1.54) is 63.4 Å². The molecule has 1 unspecified atom stereocenters. The highest BCUT2D eigenvalue weighted by atomic mass is 16.1. The van der Waals surface area contributed by atoms with Crippen LogP contribution in [0.1, 0.15) is 98.3 Å². The lowest BCUT2D eigenvalue weighted by Gasteiger charge is -2.60. The summed E-state index contributed by atoms with van der Waals surface area (Å²) >= 11 is 0. The summed E-state index contributed by atoms with van der Waals surface area (Å²) in [7, 11) is 0. The smallest absolute Gasteiger partial charge is 0.136 e. The monoisotopic (exact) mass is 396 g/mol. The molecule has 0 aliphatic heterocycles. The molecule has 1 nitrogen and oxygen atoms in total. The molecule has 4 aliphatic carbocycles. The molecule has 4 aliphatic rings. The van der Waals surface area contributed by atoms with Crippen LogP contribution in [0.3, 0.4) is 0 Å². The second-order valence-electron chi connectivity index (χ2n) is 12.0. The Hall–Kier alpha value is -0.850. The molecule has 8 atom stereocenters. The third-order valence-corrected chi connectivity index (χ3v) is 10.7. The summed E-state index contributed by atoms with van der Waals surface area (Å²) in [4.78, 5) is 13.5. The Bertz CT molecular complexity index is 688. The molecule has 0 spiro atoms. The van der Waals surface area contributed by atoms with Crippen LogP contribution in [0.2, 0.25) is 0 Å². The number of ketones is 1. The second-order valence-corrected chi connectivity index (χ2v) is 12.0. The van der Waals surface area contributed by atoms with E-state index in [9.17, 15) is 4.79 Å². The van der Waals surface area contributed by atoms with E-state index in [0.717, 1.165) is 24.3 Å². The molecule has 0 radical (unpaired) electrons. The molecular weight excluding hydrogens is 352 g/mol. The summed E-state index contributed by atoms with van der Waals surface area (Å²) in [6, 6.07) is 0. The molecule has 0 aromatic heterocycles. The fourth-order valence-electron chi connectivity index (χ4n) is 8.75. The zero-order valence-corrected chi connectivity index (χ0v) is 19.6. The Morgan fingerprint density at radius 2 is 1.76 bits per heavy atom. The average Bonchev–Trinajstić information content (AvgIpc) is 3.03. The van der Waals surface area contributed by atoms with Crippen LogP contribution in [0.15, 0.2) is 24.3 Å². The predicted octanol–water partition coefficient (Wildman–Crippen LogP) is 7.76. The van der Waals surface area contributed by atoms with Crippen molar-refractivity contribution in [2.45, 2.75) is 98.3 Å². The normalized spacial score (nSPS) is 45.1. The van der Waals surface area contributed by atoms with E-state index >= 15 is 0 Å². The summed E-state index contributed by atoms with van der Waals surface area (Å²) < 4.78 is 0. The van der Waals surface area contributed by atoms with E-state index in [1.807, 2.05) is 0 Å². The van der Waals surface area contributed by atoms with Gasteiger partial charge in [0.1, 0.15) is 5.78 Å². The van der Waals surface area contributed by atoms with Crippen LogP contribution in [0.5, 0.6) is 0 Å². The van der Waals surface area contributed by atoms with Crippen molar-refractivity contribution in [3.8, 4) is 0 Å². The zero-order valence-electron chi connectivity index (χ0n) is 19.6. The van der Waals surface area contributed by atoms with Crippen LogP contribution < -0.4 is 0 Å². The molecule has 0 N–H and O–H groups in total. The van der Waals surface area contributed by atoms with Gasteiger partial charge in [-0.3, -0.25) is 4.79 Å². The van der Waals surface area contributed by atoms with Crippen molar-refractivity contribution in [3.05, 3.63) is 24.3 Å².